The fourth-order valence-corrected chi connectivity index (χ4v) is 1.14. The van der Waals surface area contributed by atoms with Crippen LogP contribution in [-0.2, 0) is 14.2 Å². The Morgan fingerprint density at radius 2 is 1.12 bits per heavy atom. The summed E-state index contributed by atoms with van der Waals surface area (Å²) >= 11 is 0. The Morgan fingerprint density at radius 3 is 1.56 bits per heavy atom. The van der Waals surface area contributed by atoms with E-state index >= 15 is 0 Å². The van der Waals surface area contributed by atoms with Gasteiger partial charge in [0.1, 0.15) is 0 Å². The normalized spacial score (nSPS) is 10.9. The second-order valence-corrected chi connectivity index (χ2v) is 3.62. The zero-order valence-electron chi connectivity index (χ0n) is 10.5. The van der Waals surface area contributed by atoms with Crippen LogP contribution in [0, 0.1) is 0 Å². The first-order chi connectivity index (χ1) is 7.91. The van der Waals surface area contributed by atoms with Crippen molar-refractivity contribution in [2.45, 2.75) is 32.6 Å². The molecule has 0 aliphatic heterocycles. The van der Waals surface area contributed by atoms with E-state index in [4.69, 9.17) is 19.3 Å². The quantitative estimate of drug-likeness (QED) is 0.492. The third-order valence-electron chi connectivity index (χ3n) is 1.95. The minimum atomic E-state index is 0.203. The SMILES string of the molecule is CCCOCCCOCCCOCCCO. The van der Waals surface area contributed by atoms with Crippen LogP contribution in [-0.4, -0.2) is 51.4 Å². The number of rotatable bonds is 13. The Morgan fingerprint density at radius 1 is 0.688 bits per heavy atom. The lowest BCUT2D eigenvalue weighted by molar-refractivity contribution is 0.0605. The second-order valence-electron chi connectivity index (χ2n) is 3.62. The van der Waals surface area contributed by atoms with Crippen molar-refractivity contribution < 1.29 is 19.3 Å². The summed E-state index contributed by atoms with van der Waals surface area (Å²) < 4.78 is 16.0. The summed E-state index contributed by atoms with van der Waals surface area (Å²) in [5.41, 5.74) is 0. The van der Waals surface area contributed by atoms with Crippen molar-refractivity contribution in [3.05, 3.63) is 0 Å². The van der Waals surface area contributed by atoms with Crippen LogP contribution in [0.15, 0.2) is 0 Å². The first kappa shape index (κ1) is 15.8. The van der Waals surface area contributed by atoms with Gasteiger partial charge in [-0.05, 0) is 25.7 Å². The maximum Gasteiger partial charge on any atom is 0.0488 e. The number of aliphatic hydroxyl groups is 1. The zero-order valence-corrected chi connectivity index (χ0v) is 10.5. The molecule has 0 heterocycles. The third kappa shape index (κ3) is 13.8. The van der Waals surface area contributed by atoms with E-state index in [1.807, 2.05) is 0 Å². The highest BCUT2D eigenvalue weighted by Crippen LogP contribution is 1.90. The largest absolute Gasteiger partial charge is 0.396 e. The number of ether oxygens (including phenoxy) is 3. The van der Waals surface area contributed by atoms with E-state index in [0.717, 1.165) is 52.1 Å². The summed E-state index contributed by atoms with van der Waals surface area (Å²) in [7, 11) is 0. The van der Waals surface area contributed by atoms with E-state index in [0.29, 0.717) is 13.2 Å². The van der Waals surface area contributed by atoms with Crippen LogP contribution in [0.25, 0.3) is 0 Å². The van der Waals surface area contributed by atoms with E-state index in [2.05, 4.69) is 6.92 Å². The van der Waals surface area contributed by atoms with Crippen LogP contribution >= 0.6 is 0 Å². The van der Waals surface area contributed by atoms with Gasteiger partial charge in [0.15, 0.2) is 0 Å². The van der Waals surface area contributed by atoms with Crippen LogP contribution < -0.4 is 0 Å². The molecule has 0 spiro atoms. The molecule has 0 saturated heterocycles. The summed E-state index contributed by atoms with van der Waals surface area (Å²) in [6.07, 6.45) is 3.67. The molecule has 0 aromatic carbocycles. The molecule has 4 heteroatoms. The molecule has 0 saturated carbocycles. The molecule has 0 atom stereocenters. The maximum absolute atomic E-state index is 8.51. The molecule has 0 bridgehead atoms. The first-order valence-electron chi connectivity index (χ1n) is 6.26. The highest BCUT2D eigenvalue weighted by molar-refractivity contribution is 4.39. The molecule has 0 fully saturated rings. The van der Waals surface area contributed by atoms with Crippen molar-refractivity contribution >= 4 is 0 Å². The van der Waals surface area contributed by atoms with Gasteiger partial charge < -0.3 is 19.3 Å². The first-order valence-corrected chi connectivity index (χ1v) is 6.26. The predicted octanol–water partition coefficient (Wildman–Crippen LogP) is 1.61. The lowest BCUT2D eigenvalue weighted by Crippen LogP contribution is -2.05. The number of aliphatic hydroxyl groups excluding tert-OH is 1. The topological polar surface area (TPSA) is 47.9 Å². The minimum Gasteiger partial charge on any atom is -0.396 e. The fourth-order valence-electron chi connectivity index (χ4n) is 1.14. The lowest BCUT2D eigenvalue weighted by atomic mass is 10.4. The van der Waals surface area contributed by atoms with Crippen molar-refractivity contribution in [1.29, 1.82) is 0 Å². The van der Waals surface area contributed by atoms with Gasteiger partial charge in [0.05, 0.1) is 0 Å². The maximum atomic E-state index is 8.51. The molecule has 0 amide bonds. The number of hydrogen-bond donors (Lipinski definition) is 1. The molecule has 0 aliphatic rings. The predicted molar refractivity (Wildman–Crippen MR) is 63.7 cm³/mol. The molecule has 4 nitrogen and oxygen atoms in total. The molecule has 1 N–H and O–H groups in total. The van der Waals surface area contributed by atoms with Crippen molar-refractivity contribution in [1.82, 2.24) is 0 Å². The van der Waals surface area contributed by atoms with Gasteiger partial charge in [-0.1, -0.05) is 6.92 Å². The fraction of sp³-hybridized carbons (Fsp3) is 1.00. The third-order valence-corrected chi connectivity index (χ3v) is 1.95. The van der Waals surface area contributed by atoms with Gasteiger partial charge in [-0.2, -0.15) is 0 Å². The molecule has 0 aromatic rings. The van der Waals surface area contributed by atoms with Crippen LogP contribution in [0.5, 0.6) is 0 Å². The standard InChI is InChI=1S/C12H26O4/c1-2-7-14-9-4-11-16-12-5-10-15-8-3-6-13/h13H,2-12H2,1H3. The average Bonchev–Trinajstić information content (AvgIpc) is 2.31. The van der Waals surface area contributed by atoms with Gasteiger partial charge in [0.25, 0.3) is 0 Å². The summed E-state index contributed by atoms with van der Waals surface area (Å²) in [6.45, 7) is 6.81. The average molecular weight is 234 g/mol. The summed E-state index contributed by atoms with van der Waals surface area (Å²) in [6, 6.07) is 0. The summed E-state index contributed by atoms with van der Waals surface area (Å²) in [5, 5.41) is 8.51. The molecule has 0 radical (unpaired) electrons. The minimum absolute atomic E-state index is 0.203. The van der Waals surface area contributed by atoms with Crippen LogP contribution in [0.3, 0.4) is 0 Å². The highest BCUT2D eigenvalue weighted by atomic mass is 16.5. The molecular formula is C12H26O4. The Kier molecular flexibility index (Phi) is 14.7. The van der Waals surface area contributed by atoms with Crippen LogP contribution in [0.4, 0.5) is 0 Å². The van der Waals surface area contributed by atoms with E-state index in [9.17, 15) is 0 Å². The van der Waals surface area contributed by atoms with Gasteiger partial charge in [-0.25, -0.2) is 0 Å². The van der Waals surface area contributed by atoms with Gasteiger partial charge in [0.2, 0.25) is 0 Å². The second kappa shape index (κ2) is 14.8. The molecule has 0 aliphatic carbocycles. The lowest BCUT2D eigenvalue weighted by Gasteiger charge is -2.05. The van der Waals surface area contributed by atoms with Gasteiger partial charge in [-0.3, -0.25) is 0 Å². The van der Waals surface area contributed by atoms with Gasteiger partial charge in [-0.15, -0.1) is 0 Å². The Labute approximate surface area is 98.9 Å². The molecule has 0 rings (SSSR count). The van der Waals surface area contributed by atoms with Gasteiger partial charge in [0, 0.05) is 46.2 Å². The van der Waals surface area contributed by atoms with Crippen molar-refractivity contribution in [3.8, 4) is 0 Å². The summed E-state index contributed by atoms with van der Waals surface area (Å²) in [4.78, 5) is 0. The molecular weight excluding hydrogens is 208 g/mol. The van der Waals surface area contributed by atoms with E-state index in [-0.39, 0.29) is 6.61 Å². The Balaban J connectivity index is 2.83. The smallest absolute Gasteiger partial charge is 0.0488 e. The summed E-state index contributed by atoms with van der Waals surface area (Å²) in [5.74, 6) is 0. The highest BCUT2D eigenvalue weighted by Gasteiger charge is 1.92. The monoisotopic (exact) mass is 234 g/mol. The molecule has 0 unspecified atom stereocenters. The van der Waals surface area contributed by atoms with Crippen LogP contribution in [0.1, 0.15) is 32.6 Å². The number of hydrogen-bond acceptors (Lipinski definition) is 4. The Hall–Kier alpha value is -0.160. The molecule has 0 aromatic heterocycles. The van der Waals surface area contributed by atoms with Crippen molar-refractivity contribution in [3.63, 3.8) is 0 Å². The van der Waals surface area contributed by atoms with Crippen molar-refractivity contribution in [2.24, 2.45) is 0 Å². The van der Waals surface area contributed by atoms with E-state index in [1.165, 1.54) is 0 Å². The van der Waals surface area contributed by atoms with Gasteiger partial charge >= 0.3 is 0 Å². The van der Waals surface area contributed by atoms with Crippen LogP contribution in [0.2, 0.25) is 0 Å². The van der Waals surface area contributed by atoms with E-state index in [1.54, 1.807) is 0 Å². The molecule has 98 valence electrons. The Bertz CT molecular complexity index is 106. The van der Waals surface area contributed by atoms with Crippen molar-refractivity contribution in [2.75, 3.05) is 46.2 Å². The zero-order chi connectivity index (χ0) is 11.9. The van der Waals surface area contributed by atoms with E-state index < -0.39 is 0 Å². The molecule has 16 heavy (non-hydrogen) atoms.